The van der Waals surface area contributed by atoms with Crippen molar-refractivity contribution in [2.45, 2.75) is 13.2 Å². The molecule has 1 saturated heterocycles. The smallest absolute Gasteiger partial charge is 0.293 e. The largest absolute Gasteiger partial charge is 0.488 e. The molecule has 4 aromatic carbocycles. The number of carbonyl (C=O) groups excluding carboxylic acids is 2. The molecule has 176 valence electrons. The zero-order chi connectivity index (χ0) is 25.1. The summed E-state index contributed by atoms with van der Waals surface area (Å²) in [5.74, 6) is 0.239. The molecule has 1 aliphatic heterocycles. The van der Waals surface area contributed by atoms with Gasteiger partial charge in [-0.2, -0.15) is 5.26 Å². The van der Waals surface area contributed by atoms with Gasteiger partial charge in [-0.15, -0.1) is 0 Å². The molecule has 5 nitrogen and oxygen atoms in total. The Balaban J connectivity index is 1.48. The fourth-order valence-electron chi connectivity index (χ4n) is 4.00. The van der Waals surface area contributed by atoms with Gasteiger partial charge in [-0.25, -0.2) is 0 Å². The second-order valence-electron chi connectivity index (χ2n) is 8.15. The molecule has 0 unspecified atom stereocenters. The Morgan fingerprint density at radius 1 is 0.944 bits per heavy atom. The predicted octanol–water partition coefficient (Wildman–Crippen LogP) is 7.29. The van der Waals surface area contributed by atoms with E-state index in [9.17, 15) is 14.9 Å². The number of hydrogen-bond acceptors (Lipinski definition) is 5. The fraction of sp³-hybridized carbons (Fsp3) is 0.0690. The van der Waals surface area contributed by atoms with E-state index >= 15 is 0 Å². The van der Waals surface area contributed by atoms with Gasteiger partial charge in [-0.3, -0.25) is 14.5 Å². The Hall–Kier alpha value is -3.86. The van der Waals surface area contributed by atoms with Crippen LogP contribution in [0, 0.1) is 11.3 Å². The highest BCUT2D eigenvalue weighted by Crippen LogP contribution is 2.37. The molecule has 1 fully saturated rings. The second kappa shape index (κ2) is 10.4. The van der Waals surface area contributed by atoms with E-state index in [0.717, 1.165) is 38.1 Å². The van der Waals surface area contributed by atoms with Gasteiger partial charge >= 0.3 is 0 Å². The van der Waals surface area contributed by atoms with Crippen LogP contribution >= 0.6 is 27.7 Å². The van der Waals surface area contributed by atoms with Gasteiger partial charge in [0.15, 0.2) is 0 Å². The number of halogens is 1. The minimum atomic E-state index is -0.385. The van der Waals surface area contributed by atoms with Crippen molar-refractivity contribution in [1.82, 2.24) is 4.90 Å². The number of fused-ring (bicyclic) bond motifs is 1. The van der Waals surface area contributed by atoms with Crippen LogP contribution in [0.3, 0.4) is 0 Å². The number of hydrogen-bond donors (Lipinski definition) is 0. The lowest BCUT2D eigenvalue weighted by atomic mass is 10.0. The summed E-state index contributed by atoms with van der Waals surface area (Å²) < 4.78 is 7.17. The van der Waals surface area contributed by atoms with E-state index < -0.39 is 0 Å². The third-order valence-corrected chi connectivity index (χ3v) is 7.29. The Labute approximate surface area is 221 Å². The van der Waals surface area contributed by atoms with Crippen molar-refractivity contribution < 1.29 is 14.3 Å². The number of nitrogens with zero attached hydrogens (tertiary/aromatic N) is 2. The maximum absolute atomic E-state index is 13.3. The molecule has 0 saturated carbocycles. The third kappa shape index (κ3) is 4.92. The molecule has 5 rings (SSSR count). The Kier molecular flexibility index (Phi) is 6.90. The van der Waals surface area contributed by atoms with Crippen LogP contribution in [0.1, 0.15) is 22.3 Å². The number of thioether (sulfide) groups is 1. The lowest BCUT2D eigenvalue weighted by Gasteiger charge is -2.14. The minimum Gasteiger partial charge on any atom is -0.488 e. The van der Waals surface area contributed by atoms with E-state index in [2.05, 4.69) is 22.0 Å². The number of carbonyl (C=O) groups is 2. The van der Waals surface area contributed by atoms with Crippen LogP contribution in [-0.4, -0.2) is 16.0 Å². The number of imide groups is 1. The molecule has 0 N–H and O–H groups in total. The third-order valence-electron chi connectivity index (χ3n) is 5.85. The first-order valence-electron chi connectivity index (χ1n) is 11.2. The monoisotopic (exact) mass is 554 g/mol. The molecule has 7 heteroatoms. The molecule has 0 aromatic heterocycles. The average molecular weight is 555 g/mol. The summed E-state index contributed by atoms with van der Waals surface area (Å²) in [7, 11) is 0. The summed E-state index contributed by atoms with van der Waals surface area (Å²) in [4.78, 5) is 27.6. The Morgan fingerprint density at radius 2 is 1.69 bits per heavy atom. The zero-order valence-electron chi connectivity index (χ0n) is 19.0. The van der Waals surface area contributed by atoms with Crippen LogP contribution in [0.4, 0.5) is 4.79 Å². The summed E-state index contributed by atoms with van der Waals surface area (Å²) in [6, 6.07) is 28.7. The fourth-order valence-corrected chi connectivity index (χ4v) is 5.08. The quantitative estimate of drug-likeness (QED) is 0.234. The normalized spacial score (nSPS) is 14.4. The lowest BCUT2D eigenvalue weighted by molar-refractivity contribution is -0.123. The summed E-state index contributed by atoms with van der Waals surface area (Å²) in [6.07, 6.45) is 1.74. The van der Waals surface area contributed by atoms with Crippen molar-refractivity contribution in [1.29, 1.82) is 5.26 Å². The van der Waals surface area contributed by atoms with Crippen LogP contribution in [0.15, 0.2) is 94.3 Å². The van der Waals surface area contributed by atoms with Gasteiger partial charge in [0, 0.05) is 10.0 Å². The first-order chi connectivity index (χ1) is 17.5. The SMILES string of the molecule is N#Cc1ccccc1CN1C(=O)S/C(=C/c2c(OCc3ccc(Br)cc3)ccc3ccccc23)C1=O. The van der Waals surface area contributed by atoms with E-state index in [1.54, 1.807) is 30.3 Å². The molecule has 2 amide bonds. The second-order valence-corrected chi connectivity index (χ2v) is 10.1. The number of benzene rings is 4. The van der Waals surface area contributed by atoms with Crippen molar-refractivity contribution in [3.05, 3.63) is 117 Å². The summed E-state index contributed by atoms with van der Waals surface area (Å²) in [5.41, 5.74) is 2.83. The van der Waals surface area contributed by atoms with Crippen LogP contribution in [-0.2, 0) is 17.9 Å². The number of amides is 2. The van der Waals surface area contributed by atoms with Gasteiger partial charge in [0.05, 0.1) is 23.1 Å². The van der Waals surface area contributed by atoms with Crippen LogP contribution in [0.25, 0.3) is 16.8 Å². The van der Waals surface area contributed by atoms with E-state index in [-0.39, 0.29) is 17.7 Å². The van der Waals surface area contributed by atoms with Crippen LogP contribution in [0.5, 0.6) is 5.75 Å². The molecular weight excluding hydrogens is 536 g/mol. The predicted molar refractivity (Wildman–Crippen MR) is 145 cm³/mol. The lowest BCUT2D eigenvalue weighted by Crippen LogP contribution is -2.27. The minimum absolute atomic E-state index is 0.0498. The zero-order valence-corrected chi connectivity index (χ0v) is 21.4. The molecule has 4 aromatic rings. The van der Waals surface area contributed by atoms with Crippen molar-refractivity contribution in [2.75, 3.05) is 0 Å². The Morgan fingerprint density at radius 3 is 2.50 bits per heavy atom. The van der Waals surface area contributed by atoms with E-state index in [4.69, 9.17) is 4.74 Å². The van der Waals surface area contributed by atoms with Gasteiger partial charge in [-0.05, 0) is 64.0 Å². The molecular formula is C29H19BrN2O3S. The summed E-state index contributed by atoms with van der Waals surface area (Å²) >= 11 is 4.34. The van der Waals surface area contributed by atoms with E-state index in [0.29, 0.717) is 28.4 Å². The summed E-state index contributed by atoms with van der Waals surface area (Å²) in [5, 5.41) is 10.9. The van der Waals surface area contributed by atoms with Gasteiger partial charge in [-0.1, -0.05) is 76.6 Å². The molecule has 0 spiro atoms. The highest BCUT2D eigenvalue weighted by Gasteiger charge is 2.35. The maximum Gasteiger partial charge on any atom is 0.293 e. The topological polar surface area (TPSA) is 70.4 Å². The van der Waals surface area contributed by atoms with Crippen LogP contribution in [0.2, 0.25) is 0 Å². The van der Waals surface area contributed by atoms with Crippen LogP contribution < -0.4 is 4.74 Å². The van der Waals surface area contributed by atoms with Crippen molar-refractivity contribution in [3.63, 3.8) is 0 Å². The molecule has 0 bridgehead atoms. The first kappa shape index (κ1) is 23.9. The number of nitriles is 1. The highest BCUT2D eigenvalue weighted by atomic mass is 79.9. The molecule has 0 aliphatic carbocycles. The van der Waals surface area contributed by atoms with E-state index in [1.165, 1.54) is 4.90 Å². The number of rotatable bonds is 6. The molecule has 0 atom stereocenters. The first-order valence-corrected chi connectivity index (χ1v) is 12.8. The molecule has 1 heterocycles. The van der Waals surface area contributed by atoms with Crippen molar-refractivity contribution >= 4 is 55.7 Å². The van der Waals surface area contributed by atoms with Gasteiger partial charge in [0.2, 0.25) is 0 Å². The summed E-state index contributed by atoms with van der Waals surface area (Å²) in [6.45, 7) is 0.410. The molecule has 36 heavy (non-hydrogen) atoms. The molecule has 1 aliphatic rings. The van der Waals surface area contributed by atoms with Gasteiger partial charge in [0.25, 0.3) is 11.1 Å². The Bertz CT molecular complexity index is 1560. The van der Waals surface area contributed by atoms with Crippen molar-refractivity contribution in [2.24, 2.45) is 0 Å². The standard InChI is InChI=1S/C29H19BrN2O3S/c30-23-12-9-19(10-13-23)18-35-26-14-11-20-5-3-4-8-24(20)25(26)15-27-28(33)32(29(34)36-27)17-22-7-2-1-6-21(22)16-31/h1-15H,17-18H2/b27-15+. The van der Waals surface area contributed by atoms with E-state index in [1.807, 2.05) is 60.7 Å². The van der Waals surface area contributed by atoms with Gasteiger partial charge in [0.1, 0.15) is 12.4 Å². The maximum atomic E-state index is 13.3. The molecule has 0 radical (unpaired) electrons. The number of ether oxygens (including phenoxy) is 1. The van der Waals surface area contributed by atoms with Gasteiger partial charge < -0.3 is 4.74 Å². The van der Waals surface area contributed by atoms with Crippen molar-refractivity contribution in [3.8, 4) is 11.8 Å². The highest BCUT2D eigenvalue weighted by molar-refractivity contribution is 9.10. The average Bonchev–Trinajstić information content (AvgIpc) is 3.16.